The summed E-state index contributed by atoms with van der Waals surface area (Å²) in [6.07, 6.45) is 0. The molecule has 0 aliphatic carbocycles. The first-order chi connectivity index (χ1) is 15.2. The van der Waals surface area contributed by atoms with Crippen LogP contribution < -0.4 is 29.1 Å². The average molecular weight is 516 g/mol. The van der Waals surface area contributed by atoms with E-state index in [0.29, 0.717) is 24.5 Å². The van der Waals surface area contributed by atoms with Crippen molar-refractivity contribution in [3.8, 4) is 17.2 Å². The van der Waals surface area contributed by atoms with Gasteiger partial charge in [-0.1, -0.05) is 0 Å². The van der Waals surface area contributed by atoms with Crippen molar-refractivity contribution in [2.24, 2.45) is 0 Å². The second kappa shape index (κ2) is 11.5. The first kappa shape index (κ1) is 26.6. The van der Waals surface area contributed by atoms with Gasteiger partial charge in [0.15, 0.2) is 11.5 Å². The van der Waals surface area contributed by atoms with Crippen LogP contribution in [0.25, 0.3) is 0 Å². The maximum Gasteiger partial charge on any atom is 0.387 e. The van der Waals surface area contributed by atoms with Gasteiger partial charge >= 0.3 is 13.2 Å². The number of hydrogen-bond donors (Lipinski definition) is 2. The Morgan fingerprint density at radius 2 is 1.55 bits per heavy atom. The van der Waals surface area contributed by atoms with Crippen LogP contribution >= 0.6 is 12.4 Å². The highest BCUT2D eigenvalue weighted by atomic mass is 35.5. The van der Waals surface area contributed by atoms with Gasteiger partial charge < -0.3 is 24.4 Å². The van der Waals surface area contributed by atoms with Crippen LogP contribution in [0.4, 0.5) is 28.9 Å². The summed E-state index contributed by atoms with van der Waals surface area (Å²) in [6, 6.07) is 7.12. The number of hydrogen-bond acceptors (Lipinski definition) is 7. The molecule has 1 aliphatic rings. The van der Waals surface area contributed by atoms with E-state index >= 15 is 0 Å². The maximum atomic E-state index is 12.9. The van der Waals surface area contributed by atoms with E-state index < -0.39 is 34.7 Å². The molecule has 3 rings (SSSR count). The number of rotatable bonds is 9. The van der Waals surface area contributed by atoms with Gasteiger partial charge in [-0.2, -0.15) is 17.6 Å². The predicted octanol–water partition coefficient (Wildman–Crippen LogP) is 3.53. The average Bonchev–Trinajstić information content (AvgIpc) is 2.75. The van der Waals surface area contributed by atoms with E-state index in [0.717, 1.165) is 31.3 Å². The topological polar surface area (TPSA) is 89.1 Å². The number of anilines is 2. The van der Waals surface area contributed by atoms with Crippen molar-refractivity contribution in [3.63, 3.8) is 0 Å². The highest BCUT2D eigenvalue weighted by Gasteiger charge is 2.22. The number of nitrogens with zero attached hydrogens (tertiary/aromatic N) is 1. The fourth-order valence-electron chi connectivity index (χ4n) is 3.16. The molecule has 2 aromatic carbocycles. The molecule has 0 unspecified atom stereocenters. The fourth-order valence-corrected chi connectivity index (χ4v) is 4.23. The monoisotopic (exact) mass is 515 g/mol. The molecule has 0 saturated carbocycles. The zero-order chi connectivity index (χ0) is 23.3. The SMILES string of the molecule is COc1ccc(S(=O)(=O)Nc2ccc(OC(F)F)c(OC(F)F)c2)cc1N1CCNCC1.Cl. The zero-order valence-corrected chi connectivity index (χ0v) is 18.9. The van der Waals surface area contributed by atoms with Crippen molar-refractivity contribution < 1.29 is 40.2 Å². The van der Waals surface area contributed by atoms with E-state index in [4.69, 9.17) is 4.74 Å². The largest absolute Gasteiger partial charge is 0.495 e. The lowest BCUT2D eigenvalue weighted by Gasteiger charge is -2.30. The van der Waals surface area contributed by atoms with Crippen molar-refractivity contribution in [1.82, 2.24) is 5.32 Å². The second-order valence-corrected chi connectivity index (χ2v) is 8.28. The summed E-state index contributed by atoms with van der Waals surface area (Å²) >= 11 is 0. The van der Waals surface area contributed by atoms with Gasteiger partial charge in [-0.3, -0.25) is 4.72 Å². The minimum absolute atomic E-state index is 0. The van der Waals surface area contributed by atoms with Gasteiger partial charge in [0.05, 0.1) is 23.4 Å². The molecule has 184 valence electrons. The van der Waals surface area contributed by atoms with Crippen LogP contribution in [0, 0.1) is 0 Å². The van der Waals surface area contributed by atoms with E-state index in [1.165, 1.54) is 25.3 Å². The Labute approximate surface area is 194 Å². The van der Waals surface area contributed by atoms with Gasteiger partial charge in [0.1, 0.15) is 5.75 Å². The van der Waals surface area contributed by atoms with Crippen molar-refractivity contribution in [2.75, 3.05) is 42.9 Å². The molecule has 0 atom stereocenters. The molecule has 2 N–H and O–H groups in total. The summed E-state index contributed by atoms with van der Waals surface area (Å²) in [5.41, 5.74) is 0.404. The molecule has 2 aromatic rings. The maximum absolute atomic E-state index is 12.9. The fraction of sp³-hybridized carbons (Fsp3) is 0.368. The first-order valence-electron chi connectivity index (χ1n) is 9.40. The zero-order valence-electron chi connectivity index (χ0n) is 17.3. The molecular formula is C19H22ClF4N3O5S. The van der Waals surface area contributed by atoms with Gasteiger partial charge in [-0.15, -0.1) is 12.4 Å². The van der Waals surface area contributed by atoms with Crippen molar-refractivity contribution in [3.05, 3.63) is 36.4 Å². The van der Waals surface area contributed by atoms with Crippen LogP contribution in [0.5, 0.6) is 17.2 Å². The standard InChI is InChI=1S/C19H21F4N3O5S.ClH/c1-29-15-5-3-13(11-14(15)26-8-6-24-7-9-26)32(27,28)25-12-2-4-16(30-18(20)21)17(10-12)31-19(22)23;/h2-5,10-11,18-19,24-25H,6-9H2,1H3;1H. The molecule has 33 heavy (non-hydrogen) atoms. The molecule has 1 fully saturated rings. The quantitative estimate of drug-likeness (QED) is 0.494. The van der Waals surface area contributed by atoms with E-state index in [-0.39, 0.29) is 23.0 Å². The lowest BCUT2D eigenvalue weighted by molar-refractivity contribution is -0.0691. The number of nitrogens with one attached hydrogen (secondary N) is 2. The molecule has 8 nitrogen and oxygen atoms in total. The third-order valence-electron chi connectivity index (χ3n) is 4.55. The van der Waals surface area contributed by atoms with Crippen LogP contribution in [0.2, 0.25) is 0 Å². The van der Waals surface area contributed by atoms with Crippen LogP contribution in [-0.4, -0.2) is 54.9 Å². The van der Waals surface area contributed by atoms with Gasteiger partial charge in [-0.05, 0) is 30.3 Å². The van der Waals surface area contributed by atoms with Gasteiger partial charge in [-0.25, -0.2) is 8.42 Å². The lowest BCUT2D eigenvalue weighted by Crippen LogP contribution is -2.43. The smallest absolute Gasteiger partial charge is 0.387 e. The van der Waals surface area contributed by atoms with E-state index in [9.17, 15) is 26.0 Å². The van der Waals surface area contributed by atoms with Crippen LogP contribution in [0.1, 0.15) is 0 Å². The summed E-state index contributed by atoms with van der Waals surface area (Å²) in [6.45, 7) is -3.87. The number of halogens is 5. The summed E-state index contributed by atoms with van der Waals surface area (Å²) in [5.74, 6) is -0.905. The van der Waals surface area contributed by atoms with Crippen LogP contribution in [0.3, 0.4) is 0 Å². The van der Waals surface area contributed by atoms with Gasteiger partial charge in [0.25, 0.3) is 10.0 Å². The minimum atomic E-state index is -4.16. The van der Waals surface area contributed by atoms with E-state index in [1.54, 1.807) is 0 Å². The Hall–Kier alpha value is -2.64. The predicted molar refractivity (Wildman–Crippen MR) is 116 cm³/mol. The Bertz CT molecular complexity index is 1040. The molecule has 0 radical (unpaired) electrons. The minimum Gasteiger partial charge on any atom is -0.495 e. The molecule has 0 spiro atoms. The molecule has 0 amide bonds. The Morgan fingerprint density at radius 3 is 2.15 bits per heavy atom. The van der Waals surface area contributed by atoms with Crippen LogP contribution in [-0.2, 0) is 10.0 Å². The molecule has 0 aromatic heterocycles. The summed E-state index contributed by atoms with van der Waals surface area (Å²) in [7, 11) is -2.69. The van der Waals surface area contributed by atoms with Gasteiger partial charge in [0.2, 0.25) is 0 Å². The highest BCUT2D eigenvalue weighted by molar-refractivity contribution is 7.92. The number of sulfonamides is 1. The van der Waals surface area contributed by atoms with E-state index in [1.807, 2.05) is 4.90 Å². The number of alkyl halides is 4. The van der Waals surface area contributed by atoms with Crippen molar-refractivity contribution in [1.29, 1.82) is 0 Å². The first-order valence-corrected chi connectivity index (χ1v) is 10.9. The summed E-state index contributed by atoms with van der Waals surface area (Å²) < 4.78 is 92.0. The molecule has 1 aliphatic heterocycles. The number of ether oxygens (including phenoxy) is 3. The highest BCUT2D eigenvalue weighted by Crippen LogP contribution is 2.35. The lowest BCUT2D eigenvalue weighted by atomic mass is 10.2. The van der Waals surface area contributed by atoms with Crippen molar-refractivity contribution in [2.45, 2.75) is 18.1 Å². The van der Waals surface area contributed by atoms with E-state index in [2.05, 4.69) is 19.5 Å². The summed E-state index contributed by atoms with van der Waals surface area (Å²) in [4.78, 5) is 1.87. The molecule has 14 heteroatoms. The van der Waals surface area contributed by atoms with Crippen LogP contribution in [0.15, 0.2) is 41.3 Å². The van der Waals surface area contributed by atoms with Gasteiger partial charge in [0, 0.05) is 32.2 Å². The molecule has 1 saturated heterocycles. The third-order valence-corrected chi connectivity index (χ3v) is 5.93. The number of methoxy groups -OCH3 is 1. The molecule has 0 bridgehead atoms. The number of benzene rings is 2. The normalized spacial score (nSPS) is 14.1. The Kier molecular flexibility index (Phi) is 9.25. The molecule has 1 heterocycles. The second-order valence-electron chi connectivity index (χ2n) is 6.59. The summed E-state index contributed by atoms with van der Waals surface area (Å²) in [5, 5.41) is 3.20. The van der Waals surface area contributed by atoms with Crippen molar-refractivity contribution >= 4 is 33.8 Å². The third kappa shape index (κ3) is 6.92. The Morgan fingerprint density at radius 1 is 0.939 bits per heavy atom. The molecular weight excluding hydrogens is 494 g/mol. The number of piperazine rings is 1. The Balaban J connectivity index is 0.00000385.